The number of ether oxygens (including phenoxy) is 2. The molecule has 0 aromatic rings. The van der Waals surface area contributed by atoms with Crippen molar-refractivity contribution in [3.63, 3.8) is 0 Å². The predicted octanol–water partition coefficient (Wildman–Crippen LogP) is 11.2. The Hall–Kier alpha value is -1.67. The van der Waals surface area contributed by atoms with Crippen molar-refractivity contribution < 1.29 is 63.1 Å². The normalized spacial score (nSPS) is 21.5. The number of carbonyl (C=O) groups is 2. The highest BCUT2D eigenvalue weighted by Gasteiger charge is 2.51. The highest BCUT2D eigenvalue weighted by Crippen LogP contribution is 2.47. The monoisotopic (exact) mass is 947 g/mol. The fourth-order valence-corrected chi connectivity index (χ4v) is 9.02. The van der Waals surface area contributed by atoms with Crippen LogP contribution in [0.3, 0.4) is 0 Å². The summed E-state index contributed by atoms with van der Waals surface area (Å²) in [6.07, 6.45) is 33.6. The molecule has 1 saturated carbocycles. The van der Waals surface area contributed by atoms with Gasteiger partial charge in [0.1, 0.15) is 43.2 Å². The summed E-state index contributed by atoms with van der Waals surface area (Å²) in [5.41, 5.74) is 0. The molecule has 0 aromatic heterocycles. The van der Waals surface area contributed by atoms with Crippen LogP contribution in [0.1, 0.15) is 232 Å². The maximum absolute atomic E-state index is 12.8. The van der Waals surface area contributed by atoms with Crippen molar-refractivity contribution in [1.82, 2.24) is 0 Å². The minimum Gasteiger partial charge on any atom is -0.462 e. The van der Waals surface area contributed by atoms with E-state index in [0.717, 1.165) is 64.2 Å². The van der Waals surface area contributed by atoms with Crippen LogP contribution in [-0.2, 0) is 32.7 Å². The Bertz CT molecular complexity index is 1230. The van der Waals surface area contributed by atoms with Crippen LogP contribution < -0.4 is 0 Å². The molecule has 382 valence electrons. The molecule has 1 aliphatic carbocycles. The van der Waals surface area contributed by atoms with Crippen LogP contribution in [0.4, 0.5) is 0 Å². The van der Waals surface area contributed by atoms with Gasteiger partial charge >= 0.3 is 19.8 Å². The van der Waals surface area contributed by atoms with Crippen molar-refractivity contribution in [3.8, 4) is 0 Å². The Labute approximate surface area is 394 Å². The molecule has 14 heteroatoms. The van der Waals surface area contributed by atoms with Crippen molar-refractivity contribution in [2.24, 2.45) is 0 Å². The van der Waals surface area contributed by atoms with E-state index in [2.05, 4.69) is 38.2 Å². The van der Waals surface area contributed by atoms with E-state index in [9.17, 15) is 44.6 Å². The molecule has 0 aliphatic heterocycles. The van der Waals surface area contributed by atoms with Crippen LogP contribution in [0.2, 0.25) is 0 Å². The molecule has 0 spiro atoms. The molecule has 1 fully saturated rings. The van der Waals surface area contributed by atoms with Crippen LogP contribution in [0.5, 0.6) is 0 Å². The van der Waals surface area contributed by atoms with E-state index in [4.69, 9.17) is 18.5 Å². The highest BCUT2D eigenvalue weighted by atomic mass is 31.2. The third-order valence-electron chi connectivity index (χ3n) is 12.3. The van der Waals surface area contributed by atoms with Crippen molar-refractivity contribution in [1.29, 1.82) is 0 Å². The standard InChI is InChI=1S/C51H95O13P/c1-3-5-7-9-11-13-15-17-19-21-22-24-25-27-29-31-33-35-37-39-44(52)61-41-43(42-62-65(59,60)64-51-49(57)47(55)46(54)48(56)50(51)58)63-45(53)40-38-36-34-32-30-28-26-23-20-18-16-14-12-10-8-6-4-2/h18,20-22,43,46-51,54-58H,3-17,19,23-42H2,1-2H3,(H,59,60)/b20-18-,22-21-/t43-,46?,47-,48?,49?,50?,51?/m1/s1. The van der Waals surface area contributed by atoms with Crippen molar-refractivity contribution in [2.75, 3.05) is 13.2 Å². The molecule has 8 atom stereocenters. The number of aliphatic hydroxyl groups is 5. The fourth-order valence-electron chi connectivity index (χ4n) is 8.04. The van der Waals surface area contributed by atoms with E-state index in [0.29, 0.717) is 12.8 Å². The third-order valence-corrected chi connectivity index (χ3v) is 13.3. The zero-order valence-corrected chi connectivity index (χ0v) is 41.7. The van der Waals surface area contributed by atoms with E-state index in [1.54, 1.807) is 0 Å². The second-order valence-corrected chi connectivity index (χ2v) is 19.8. The van der Waals surface area contributed by atoms with Crippen LogP contribution in [0.15, 0.2) is 24.3 Å². The molecule has 0 saturated heterocycles. The van der Waals surface area contributed by atoms with E-state index >= 15 is 0 Å². The number of esters is 2. The summed E-state index contributed by atoms with van der Waals surface area (Å²) in [6, 6.07) is 0. The maximum atomic E-state index is 12.8. The molecule has 0 bridgehead atoms. The van der Waals surface area contributed by atoms with Crippen molar-refractivity contribution in [2.45, 2.75) is 275 Å². The number of unbranched alkanes of at least 4 members (excludes halogenated alkanes) is 28. The molecule has 1 aliphatic rings. The predicted molar refractivity (Wildman–Crippen MR) is 258 cm³/mol. The van der Waals surface area contributed by atoms with Crippen molar-refractivity contribution in [3.05, 3.63) is 24.3 Å². The Morgan fingerprint density at radius 3 is 1.17 bits per heavy atom. The van der Waals surface area contributed by atoms with Gasteiger partial charge in [0.2, 0.25) is 0 Å². The van der Waals surface area contributed by atoms with Gasteiger partial charge in [0, 0.05) is 12.8 Å². The van der Waals surface area contributed by atoms with E-state index in [-0.39, 0.29) is 12.8 Å². The van der Waals surface area contributed by atoms with E-state index in [1.807, 2.05) is 0 Å². The highest BCUT2D eigenvalue weighted by molar-refractivity contribution is 7.47. The largest absolute Gasteiger partial charge is 0.472 e. The molecule has 0 aromatic carbocycles. The summed E-state index contributed by atoms with van der Waals surface area (Å²) < 4.78 is 33.6. The van der Waals surface area contributed by atoms with Crippen LogP contribution >= 0.6 is 7.82 Å². The Kier molecular flexibility index (Phi) is 39.0. The van der Waals surface area contributed by atoms with E-state index in [1.165, 1.54) is 128 Å². The van der Waals surface area contributed by atoms with Gasteiger partial charge in [-0.25, -0.2) is 4.57 Å². The second-order valence-electron chi connectivity index (χ2n) is 18.4. The first kappa shape index (κ1) is 61.3. The van der Waals surface area contributed by atoms with E-state index < -0.39 is 75.7 Å². The molecule has 1 rings (SSSR count). The Morgan fingerprint density at radius 2 is 0.785 bits per heavy atom. The topological polar surface area (TPSA) is 210 Å². The zero-order chi connectivity index (χ0) is 47.8. The van der Waals surface area contributed by atoms with Gasteiger partial charge in [0.25, 0.3) is 0 Å². The second kappa shape index (κ2) is 41.3. The number of allylic oxidation sites excluding steroid dienone is 4. The van der Waals surface area contributed by atoms with Crippen LogP contribution in [0, 0.1) is 0 Å². The lowest BCUT2D eigenvalue weighted by Gasteiger charge is -2.41. The van der Waals surface area contributed by atoms with Crippen LogP contribution in [0.25, 0.3) is 0 Å². The summed E-state index contributed by atoms with van der Waals surface area (Å²) in [4.78, 5) is 35.8. The van der Waals surface area contributed by atoms with Gasteiger partial charge in [-0.1, -0.05) is 179 Å². The smallest absolute Gasteiger partial charge is 0.462 e. The molecule has 13 nitrogen and oxygen atoms in total. The number of hydrogen-bond donors (Lipinski definition) is 6. The molecule has 65 heavy (non-hydrogen) atoms. The average molecular weight is 947 g/mol. The van der Waals surface area contributed by atoms with Crippen LogP contribution in [-0.4, -0.2) is 98.3 Å². The molecular weight excluding hydrogens is 852 g/mol. The SMILES string of the molecule is CCCCCCCC/C=C\CCCCCCCCCC(=O)O[C@H](COC(=O)CCCCCCCCC/C=C\CCCCCCCCCC)COP(=O)(O)OC1C(O)C(O)C(O)[C@@H](O)C1O. The summed E-state index contributed by atoms with van der Waals surface area (Å²) in [5.74, 6) is -1.10. The fraction of sp³-hybridized carbons (Fsp3) is 0.882. The molecule has 6 N–H and O–H groups in total. The molecule has 0 radical (unpaired) electrons. The number of aliphatic hydroxyl groups excluding tert-OH is 5. The summed E-state index contributed by atoms with van der Waals surface area (Å²) >= 11 is 0. The molecule has 0 amide bonds. The van der Waals surface area contributed by atoms with Crippen molar-refractivity contribution >= 4 is 19.8 Å². The minimum absolute atomic E-state index is 0.0930. The first-order valence-electron chi connectivity index (χ1n) is 26.1. The third kappa shape index (κ3) is 33.5. The lowest BCUT2D eigenvalue weighted by atomic mass is 9.85. The summed E-state index contributed by atoms with van der Waals surface area (Å²) in [7, 11) is -5.12. The van der Waals surface area contributed by atoms with Gasteiger partial charge in [0.05, 0.1) is 6.61 Å². The summed E-state index contributed by atoms with van der Waals surface area (Å²) in [5, 5.41) is 50.3. The zero-order valence-electron chi connectivity index (χ0n) is 40.8. The molecule has 6 unspecified atom stereocenters. The number of rotatable bonds is 44. The first-order chi connectivity index (χ1) is 31.4. The maximum Gasteiger partial charge on any atom is 0.472 e. The average Bonchev–Trinajstić information content (AvgIpc) is 3.29. The number of carbonyl (C=O) groups excluding carboxylic acids is 2. The molecular formula is C51H95O13P. The van der Waals surface area contributed by atoms with Gasteiger partial charge < -0.3 is 39.9 Å². The Balaban J connectivity index is 2.39. The summed E-state index contributed by atoms with van der Waals surface area (Å²) in [6.45, 7) is 3.32. The van der Waals surface area contributed by atoms with Gasteiger partial charge in [-0.3, -0.25) is 18.6 Å². The van der Waals surface area contributed by atoms with Gasteiger partial charge in [0.15, 0.2) is 6.10 Å². The number of phosphoric ester groups is 1. The lowest BCUT2D eigenvalue weighted by Crippen LogP contribution is -2.64. The molecule has 0 heterocycles. The quantitative estimate of drug-likeness (QED) is 0.0146. The Morgan fingerprint density at radius 1 is 0.462 bits per heavy atom. The van der Waals surface area contributed by atoms with Gasteiger partial charge in [-0.2, -0.15) is 0 Å². The first-order valence-corrected chi connectivity index (χ1v) is 27.6. The van der Waals surface area contributed by atoms with Gasteiger partial charge in [-0.15, -0.1) is 0 Å². The number of hydrogen-bond acceptors (Lipinski definition) is 12. The lowest BCUT2D eigenvalue weighted by molar-refractivity contribution is -0.220. The minimum atomic E-state index is -5.12. The van der Waals surface area contributed by atoms with Gasteiger partial charge in [-0.05, 0) is 64.2 Å². The number of phosphoric acid groups is 1.